The topological polar surface area (TPSA) is 193 Å². The first-order chi connectivity index (χ1) is 16.1. The number of esters is 2. The number of rotatable bonds is 14. The Morgan fingerprint density at radius 2 is 1.74 bits per heavy atom. The van der Waals surface area contributed by atoms with Gasteiger partial charge in [0.1, 0.15) is 12.1 Å². The van der Waals surface area contributed by atoms with Gasteiger partial charge in [0.05, 0.1) is 38.9 Å². The average Bonchev–Trinajstić information content (AvgIpc) is 3.16. The molecule has 190 valence electrons. The summed E-state index contributed by atoms with van der Waals surface area (Å²) in [6.45, 7) is 7.30. The van der Waals surface area contributed by atoms with Gasteiger partial charge in [0.15, 0.2) is 11.2 Å². The second-order valence-corrected chi connectivity index (χ2v) is 9.79. The van der Waals surface area contributed by atoms with Crippen LogP contribution in [-0.2, 0) is 34.9 Å². The van der Waals surface area contributed by atoms with E-state index in [0.717, 1.165) is 0 Å². The molecule has 0 aromatic carbocycles. The molecule has 14 nitrogen and oxygen atoms in total. The Morgan fingerprint density at radius 1 is 1.15 bits per heavy atom. The molecule has 2 aromatic rings. The van der Waals surface area contributed by atoms with Crippen molar-refractivity contribution >= 4 is 36.5 Å². The van der Waals surface area contributed by atoms with E-state index in [-0.39, 0.29) is 44.1 Å². The molecule has 0 aliphatic carbocycles. The van der Waals surface area contributed by atoms with Crippen LogP contribution in [0.5, 0.6) is 0 Å². The summed E-state index contributed by atoms with van der Waals surface area (Å²) in [7, 11) is -3.46. The fraction of sp³-hybridized carbons (Fsp3) is 0.632. The van der Waals surface area contributed by atoms with Crippen molar-refractivity contribution in [2.45, 2.75) is 46.3 Å². The number of nitrogens with two attached hydrogens (primary N) is 1. The van der Waals surface area contributed by atoms with Crippen LogP contribution in [0.25, 0.3) is 11.2 Å². The van der Waals surface area contributed by atoms with Crippen LogP contribution >= 0.6 is 7.44 Å². The standard InChI is InChI=1S/C19H32N7O7P/c1-5-32-17(28)12(3)24-34(30,25-13(4)18(29)33-6-2)10-9-31-8-7-26-11-21-14-15(26)22-19(20)23-16(14)27/h11-13H,5-10H2,1-4H3,(H2,24,25,30)(H3,20,22,23,27)/t12-,13-/m0/s1. The summed E-state index contributed by atoms with van der Waals surface area (Å²) in [6.07, 6.45) is 1.43. The van der Waals surface area contributed by atoms with Gasteiger partial charge in [0.2, 0.25) is 13.4 Å². The van der Waals surface area contributed by atoms with E-state index in [9.17, 15) is 18.9 Å². The largest absolute Gasteiger partial charge is 0.465 e. The van der Waals surface area contributed by atoms with Crippen molar-refractivity contribution in [2.24, 2.45) is 0 Å². The van der Waals surface area contributed by atoms with E-state index in [1.165, 1.54) is 20.2 Å². The van der Waals surface area contributed by atoms with Crippen LogP contribution in [0.1, 0.15) is 27.7 Å². The smallest absolute Gasteiger partial charge is 0.323 e. The minimum Gasteiger partial charge on any atom is -0.465 e. The fourth-order valence-electron chi connectivity index (χ4n) is 3.02. The average molecular weight is 501 g/mol. The molecule has 0 saturated carbocycles. The van der Waals surface area contributed by atoms with Gasteiger partial charge in [0.25, 0.3) is 5.56 Å². The lowest BCUT2D eigenvalue weighted by molar-refractivity contribution is -0.145. The number of aromatic nitrogens is 4. The summed E-state index contributed by atoms with van der Waals surface area (Å²) in [5.74, 6) is -1.16. The summed E-state index contributed by atoms with van der Waals surface area (Å²) >= 11 is 0. The molecule has 0 radical (unpaired) electrons. The molecule has 0 aliphatic rings. The van der Waals surface area contributed by atoms with Gasteiger partial charge in [0, 0.05) is 6.54 Å². The Morgan fingerprint density at radius 3 is 2.29 bits per heavy atom. The normalized spacial score (nSPS) is 13.5. The molecule has 0 saturated heterocycles. The summed E-state index contributed by atoms with van der Waals surface area (Å²) < 4.78 is 30.6. The number of nitrogens with one attached hydrogen (secondary N) is 3. The lowest BCUT2D eigenvalue weighted by Gasteiger charge is -2.26. The van der Waals surface area contributed by atoms with Crippen molar-refractivity contribution < 1.29 is 28.4 Å². The molecular formula is C19H32N7O7P. The van der Waals surface area contributed by atoms with E-state index in [0.29, 0.717) is 12.2 Å². The van der Waals surface area contributed by atoms with Gasteiger partial charge in [-0.3, -0.25) is 23.9 Å². The number of nitrogens with zero attached hydrogens (tertiary/aromatic N) is 3. The van der Waals surface area contributed by atoms with E-state index in [1.54, 1.807) is 18.4 Å². The van der Waals surface area contributed by atoms with E-state index in [4.69, 9.17) is 19.9 Å². The number of fused-ring (bicyclic) bond motifs is 1. The van der Waals surface area contributed by atoms with Gasteiger partial charge in [-0.25, -0.2) is 15.2 Å². The number of carbonyl (C=O) groups is 2. The van der Waals surface area contributed by atoms with Crippen molar-refractivity contribution in [3.63, 3.8) is 0 Å². The van der Waals surface area contributed by atoms with Crippen molar-refractivity contribution in [3.05, 3.63) is 16.7 Å². The molecule has 15 heteroatoms. The number of hydrogen-bond acceptors (Lipinski definition) is 10. The summed E-state index contributed by atoms with van der Waals surface area (Å²) in [4.78, 5) is 46.3. The zero-order valence-corrected chi connectivity index (χ0v) is 20.6. The van der Waals surface area contributed by atoms with Crippen LogP contribution < -0.4 is 21.5 Å². The van der Waals surface area contributed by atoms with Gasteiger partial charge < -0.3 is 24.5 Å². The third-order valence-corrected chi connectivity index (χ3v) is 7.03. The second-order valence-electron chi connectivity index (χ2n) is 7.34. The second kappa shape index (κ2) is 12.6. The molecular weight excluding hydrogens is 469 g/mol. The lowest BCUT2D eigenvalue weighted by atomic mass is 10.4. The van der Waals surface area contributed by atoms with E-state index in [2.05, 4.69) is 25.1 Å². The van der Waals surface area contributed by atoms with Crippen LogP contribution in [0.2, 0.25) is 0 Å². The van der Waals surface area contributed by atoms with Crippen LogP contribution in [0.3, 0.4) is 0 Å². The number of ether oxygens (including phenoxy) is 3. The molecule has 0 amide bonds. The van der Waals surface area contributed by atoms with Gasteiger partial charge in [-0.05, 0) is 27.7 Å². The molecule has 0 spiro atoms. The maximum Gasteiger partial charge on any atom is 0.323 e. The number of anilines is 1. The first-order valence-electron chi connectivity index (χ1n) is 10.9. The van der Waals surface area contributed by atoms with Crippen LogP contribution in [0, 0.1) is 0 Å². The highest BCUT2D eigenvalue weighted by atomic mass is 31.2. The molecule has 2 rings (SSSR count). The van der Waals surface area contributed by atoms with Crippen LogP contribution in [-0.4, -0.2) is 76.1 Å². The van der Waals surface area contributed by atoms with E-state index >= 15 is 0 Å². The SMILES string of the molecule is CCOC(=O)[C@H](C)NP(=O)(CCOCCn1cnc2c(=O)[nH]c(N)nc21)N[C@@H](C)C(=O)OCC. The Bertz CT molecular complexity index is 1060. The summed E-state index contributed by atoms with van der Waals surface area (Å²) in [5, 5.41) is 5.50. The quantitative estimate of drug-likeness (QED) is 0.154. The molecule has 0 aliphatic heterocycles. The maximum atomic E-state index is 13.5. The molecule has 0 fully saturated rings. The van der Waals surface area contributed by atoms with Crippen molar-refractivity contribution in [2.75, 3.05) is 38.3 Å². The third-order valence-electron chi connectivity index (χ3n) is 4.60. The first-order valence-corrected chi connectivity index (χ1v) is 12.8. The van der Waals surface area contributed by atoms with Gasteiger partial charge in [-0.15, -0.1) is 0 Å². The Kier molecular flexibility index (Phi) is 10.2. The van der Waals surface area contributed by atoms with Crippen LogP contribution in [0.15, 0.2) is 11.1 Å². The lowest BCUT2D eigenvalue weighted by Crippen LogP contribution is -2.43. The Labute approximate surface area is 196 Å². The zero-order chi connectivity index (χ0) is 25.3. The Balaban J connectivity index is 1.98. The van der Waals surface area contributed by atoms with Gasteiger partial charge >= 0.3 is 11.9 Å². The Hall–Kier alpha value is -2.80. The highest BCUT2D eigenvalue weighted by Crippen LogP contribution is 2.37. The molecule has 2 heterocycles. The van der Waals surface area contributed by atoms with E-state index in [1.807, 2.05) is 0 Å². The number of nitrogen functional groups attached to an aromatic ring is 1. The molecule has 5 N–H and O–H groups in total. The zero-order valence-electron chi connectivity index (χ0n) is 19.7. The highest BCUT2D eigenvalue weighted by molar-refractivity contribution is 7.60. The number of aromatic amines is 1. The minimum absolute atomic E-state index is 0.0178. The third kappa shape index (κ3) is 7.62. The van der Waals surface area contributed by atoms with Gasteiger partial charge in [-0.2, -0.15) is 4.98 Å². The maximum absolute atomic E-state index is 13.5. The molecule has 34 heavy (non-hydrogen) atoms. The number of hydrogen-bond donors (Lipinski definition) is 4. The van der Waals surface area contributed by atoms with Crippen LogP contribution in [0.4, 0.5) is 5.95 Å². The fourth-order valence-corrected chi connectivity index (χ4v) is 5.21. The number of imidazole rings is 1. The summed E-state index contributed by atoms with van der Waals surface area (Å²) in [5.41, 5.74) is 5.63. The molecule has 0 unspecified atom stereocenters. The highest BCUT2D eigenvalue weighted by Gasteiger charge is 2.31. The first kappa shape index (κ1) is 27.4. The van der Waals surface area contributed by atoms with Crippen molar-refractivity contribution in [1.29, 1.82) is 0 Å². The van der Waals surface area contributed by atoms with Gasteiger partial charge in [-0.1, -0.05) is 0 Å². The minimum atomic E-state index is -3.46. The van der Waals surface area contributed by atoms with Crippen molar-refractivity contribution in [3.8, 4) is 0 Å². The summed E-state index contributed by atoms with van der Waals surface area (Å²) in [6, 6.07) is -1.75. The van der Waals surface area contributed by atoms with E-state index < -0.39 is 37.0 Å². The molecule has 2 aromatic heterocycles. The van der Waals surface area contributed by atoms with Crippen molar-refractivity contribution in [1.82, 2.24) is 29.7 Å². The molecule has 0 bridgehead atoms. The predicted octanol–water partition coefficient (Wildman–Crippen LogP) is -0.00610. The number of H-pyrrole nitrogens is 1. The molecule has 2 atom stereocenters. The number of carbonyl (C=O) groups excluding carboxylic acids is 2. The monoisotopic (exact) mass is 501 g/mol. The predicted molar refractivity (Wildman–Crippen MR) is 124 cm³/mol.